The Bertz CT molecular complexity index is 1710. The van der Waals surface area contributed by atoms with E-state index in [9.17, 15) is 14.4 Å². The first-order chi connectivity index (χ1) is 22.3. The number of hydrogen-bond donors (Lipinski definition) is 3. The molecule has 240 valence electrons. The molecular formula is C33H38ClN9O3. The van der Waals surface area contributed by atoms with Crippen molar-refractivity contribution in [3.63, 3.8) is 0 Å². The number of anilines is 2. The van der Waals surface area contributed by atoms with E-state index in [0.29, 0.717) is 68.6 Å². The number of nitrogen functional groups attached to an aromatic ring is 1. The molecule has 6 rings (SSSR count). The second-order valence-electron chi connectivity index (χ2n) is 11.8. The van der Waals surface area contributed by atoms with E-state index in [1.54, 1.807) is 23.4 Å². The van der Waals surface area contributed by atoms with Gasteiger partial charge < -0.3 is 25.8 Å². The van der Waals surface area contributed by atoms with E-state index in [4.69, 9.17) is 17.3 Å². The molecule has 0 aliphatic carbocycles. The number of hydrogen-bond acceptors (Lipinski definition) is 7. The molecule has 2 aliphatic heterocycles. The molecule has 46 heavy (non-hydrogen) atoms. The van der Waals surface area contributed by atoms with Gasteiger partial charge in [0.25, 0.3) is 0 Å². The van der Waals surface area contributed by atoms with Crippen LogP contribution in [0.3, 0.4) is 0 Å². The second-order valence-corrected chi connectivity index (χ2v) is 12.2. The summed E-state index contributed by atoms with van der Waals surface area (Å²) in [6.45, 7) is 5.14. The molecule has 4 aromatic rings. The summed E-state index contributed by atoms with van der Waals surface area (Å²) in [4.78, 5) is 53.0. The first-order valence-corrected chi connectivity index (χ1v) is 15.9. The lowest BCUT2D eigenvalue weighted by Crippen LogP contribution is -2.57. The van der Waals surface area contributed by atoms with E-state index in [0.717, 1.165) is 22.4 Å². The molecule has 0 unspecified atom stereocenters. The van der Waals surface area contributed by atoms with Crippen LogP contribution in [0.1, 0.15) is 30.0 Å². The van der Waals surface area contributed by atoms with Gasteiger partial charge in [-0.3, -0.25) is 14.8 Å². The maximum absolute atomic E-state index is 14.0. The number of piperidine rings is 1. The van der Waals surface area contributed by atoms with Gasteiger partial charge >= 0.3 is 11.7 Å². The molecule has 0 saturated carbocycles. The Balaban J connectivity index is 1.12. The lowest BCUT2D eigenvalue weighted by Gasteiger charge is -2.38. The number of aryl methyl sites for hydroxylation is 1. The molecule has 0 radical (unpaired) electrons. The van der Waals surface area contributed by atoms with Crippen molar-refractivity contribution < 1.29 is 9.59 Å². The lowest BCUT2D eigenvalue weighted by molar-refractivity contribution is -0.133. The summed E-state index contributed by atoms with van der Waals surface area (Å²) in [5, 5.41) is 7.99. The van der Waals surface area contributed by atoms with E-state index < -0.39 is 6.04 Å². The van der Waals surface area contributed by atoms with Gasteiger partial charge in [0, 0.05) is 69.3 Å². The van der Waals surface area contributed by atoms with Gasteiger partial charge in [0.15, 0.2) is 5.82 Å². The molecule has 2 aliphatic rings. The number of amides is 3. The molecule has 1 atom stereocenters. The minimum atomic E-state index is -0.792. The smallest absolute Gasteiger partial charge is 0.343 e. The van der Waals surface area contributed by atoms with E-state index >= 15 is 0 Å². The highest BCUT2D eigenvalue weighted by atomic mass is 35.5. The number of carbonyl (C=O) groups excluding carboxylic acids is 2. The molecule has 0 spiro atoms. The van der Waals surface area contributed by atoms with Crippen molar-refractivity contribution in [2.45, 2.75) is 38.3 Å². The summed E-state index contributed by atoms with van der Waals surface area (Å²) >= 11 is 6.39. The van der Waals surface area contributed by atoms with Crippen molar-refractivity contribution in [2.24, 2.45) is 0 Å². The standard InChI is InChI=1S/C33H38ClN9O3/c1-22-19-23(20-27(34)29(22)35)21-28(31(44)41-17-15-40(16-18-41)25-7-11-36-12-8-25)37-32(45)42-13-9-26(10-14-42)43-33(46)38-30(39-43)24-5-3-2-4-6-24/h2-8,11-12,19-20,26,28H,9-10,13-18,21,35H2,1H3,(H,37,45)(H,38,39,46)/t28-/m1/s1. The van der Waals surface area contributed by atoms with Gasteiger partial charge in [-0.15, -0.1) is 5.10 Å². The number of rotatable bonds is 7. The topological polar surface area (TPSA) is 145 Å². The van der Waals surface area contributed by atoms with Gasteiger partial charge in [0.1, 0.15) is 6.04 Å². The Morgan fingerprint density at radius 2 is 1.70 bits per heavy atom. The zero-order valence-electron chi connectivity index (χ0n) is 25.7. The number of halogens is 1. The molecule has 2 aromatic heterocycles. The van der Waals surface area contributed by atoms with Crippen LogP contribution in [-0.2, 0) is 11.2 Å². The zero-order valence-corrected chi connectivity index (χ0v) is 26.5. The summed E-state index contributed by atoms with van der Waals surface area (Å²) in [6.07, 6.45) is 4.92. The van der Waals surface area contributed by atoms with Crippen LogP contribution in [0.25, 0.3) is 11.4 Å². The van der Waals surface area contributed by atoms with Gasteiger partial charge in [-0.2, -0.15) is 0 Å². The Kier molecular flexibility index (Phi) is 9.25. The van der Waals surface area contributed by atoms with Gasteiger partial charge in [-0.05, 0) is 49.1 Å². The second kappa shape index (κ2) is 13.7. The Morgan fingerprint density at radius 3 is 2.37 bits per heavy atom. The van der Waals surface area contributed by atoms with Gasteiger partial charge in [-0.1, -0.05) is 48.0 Å². The maximum Gasteiger partial charge on any atom is 0.343 e. The molecule has 0 bridgehead atoms. The molecule has 12 nitrogen and oxygen atoms in total. The summed E-state index contributed by atoms with van der Waals surface area (Å²) in [7, 11) is 0. The third kappa shape index (κ3) is 6.86. The number of carbonyl (C=O) groups is 2. The fraction of sp³-hybridized carbons (Fsp3) is 0.364. The number of pyridine rings is 1. The first-order valence-electron chi connectivity index (χ1n) is 15.5. The monoisotopic (exact) mass is 643 g/mol. The molecule has 2 fully saturated rings. The predicted octanol–water partition coefficient (Wildman–Crippen LogP) is 3.48. The number of urea groups is 1. The van der Waals surface area contributed by atoms with Crippen LogP contribution >= 0.6 is 11.6 Å². The van der Waals surface area contributed by atoms with E-state index in [2.05, 4.69) is 25.3 Å². The molecule has 2 aromatic carbocycles. The number of likely N-dealkylation sites (tertiary alicyclic amines) is 1. The van der Waals surface area contributed by atoms with Crippen molar-refractivity contribution in [3.05, 3.63) is 93.6 Å². The maximum atomic E-state index is 14.0. The number of aromatic nitrogens is 4. The Labute approximate surface area is 272 Å². The Hall–Kier alpha value is -4.84. The number of benzene rings is 2. The summed E-state index contributed by atoms with van der Waals surface area (Å²) in [5.41, 5.74) is 9.83. The zero-order chi connectivity index (χ0) is 32.2. The SMILES string of the molecule is Cc1cc(C[C@@H](NC(=O)N2CCC(n3nc(-c4ccccc4)[nH]c3=O)CC2)C(=O)N2CCN(c3ccncc3)CC2)cc(Cl)c1N. The average molecular weight is 644 g/mol. The quantitative estimate of drug-likeness (QED) is 0.262. The van der Waals surface area contributed by atoms with Crippen molar-refractivity contribution in [2.75, 3.05) is 49.9 Å². The Morgan fingerprint density at radius 1 is 1.00 bits per heavy atom. The van der Waals surface area contributed by atoms with Crippen LogP contribution in [0, 0.1) is 6.92 Å². The largest absolute Gasteiger partial charge is 0.397 e. The van der Waals surface area contributed by atoms with Crippen molar-refractivity contribution >= 4 is 34.9 Å². The fourth-order valence-electron chi connectivity index (χ4n) is 6.20. The number of nitrogens with two attached hydrogens (primary N) is 1. The predicted molar refractivity (Wildman–Crippen MR) is 178 cm³/mol. The van der Waals surface area contributed by atoms with Crippen LogP contribution in [0.15, 0.2) is 71.8 Å². The number of H-pyrrole nitrogens is 1. The number of piperazine rings is 1. The van der Waals surface area contributed by atoms with Gasteiger partial charge in [0.2, 0.25) is 5.91 Å². The van der Waals surface area contributed by atoms with Crippen molar-refractivity contribution in [3.8, 4) is 11.4 Å². The van der Waals surface area contributed by atoms with Crippen molar-refractivity contribution in [1.29, 1.82) is 0 Å². The highest BCUT2D eigenvalue weighted by Crippen LogP contribution is 2.26. The average Bonchev–Trinajstić information content (AvgIpc) is 3.48. The lowest BCUT2D eigenvalue weighted by atomic mass is 10.0. The van der Waals surface area contributed by atoms with Crippen LogP contribution < -0.4 is 21.6 Å². The normalized spacial score (nSPS) is 16.3. The number of aromatic amines is 1. The van der Waals surface area contributed by atoms with E-state index in [-0.39, 0.29) is 30.1 Å². The fourth-order valence-corrected chi connectivity index (χ4v) is 6.49. The molecule has 4 heterocycles. The molecule has 13 heteroatoms. The molecule has 2 saturated heterocycles. The van der Waals surface area contributed by atoms with Crippen LogP contribution in [0.4, 0.5) is 16.2 Å². The van der Waals surface area contributed by atoms with E-state index in [1.807, 2.05) is 60.4 Å². The molecular weight excluding hydrogens is 606 g/mol. The summed E-state index contributed by atoms with van der Waals surface area (Å²) in [6, 6.07) is 15.8. The third-order valence-electron chi connectivity index (χ3n) is 8.84. The summed E-state index contributed by atoms with van der Waals surface area (Å²) in [5.74, 6) is 0.381. The highest BCUT2D eigenvalue weighted by molar-refractivity contribution is 6.33. The summed E-state index contributed by atoms with van der Waals surface area (Å²) < 4.78 is 1.49. The van der Waals surface area contributed by atoms with Gasteiger partial charge in [0.05, 0.1) is 16.8 Å². The van der Waals surface area contributed by atoms with Crippen LogP contribution in [-0.4, -0.2) is 86.8 Å². The van der Waals surface area contributed by atoms with Crippen LogP contribution in [0.2, 0.25) is 5.02 Å². The van der Waals surface area contributed by atoms with E-state index in [1.165, 1.54) is 4.68 Å². The number of nitrogens with zero attached hydrogens (tertiary/aromatic N) is 6. The minimum absolute atomic E-state index is 0.139. The van der Waals surface area contributed by atoms with Gasteiger partial charge in [-0.25, -0.2) is 14.3 Å². The minimum Gasteiger partial charge on any atom is -0.397 e. The molecule has 4 N–H and O–H groups in total. The molecule has 3 amide bonds. The third-order valence-corrected chi connectivity index (χ3v) is 9.15. The van der Waals surface area contributed by atoms with Crippen molar-refractivity contribution in [1.82, 2.24) is 34.9 Å². The first kappa shape index (κ1) is 31.2. The number of nitrogens with one attached hydrogen (secondary N) is 2. The highest BCUT2D eigenvalue weighted by Gasteiger charge is 2.32. The van der Waals surface area contributed by atoms with Crippen LogP contribution in [0.5, 0.6) is 0 Å².